The second-order valence-corrected chi connectivity index (χ2v) is 9.23. The van der Waals surface area contributed by atoms with Crippen molar-refractivity contribution in [1.29, 1.82) is 0 Å². The largest absolute Gasteiger partial charge is 0.357 e. The minimum Gasteiger partial charge on any atom is -0.357 e. The SMILES string of the molecule is CN1CCC(N(C)c2cc(C(=O)Nc3cc4cc(C5=CN(C)NC5)ccc4cn3)ccn2)CC1. The third-order valence-electron chi connectivity index (χ3n) is 6.81. The Hall–Kier alpha value is -3.49. The van der Waals surface area contributed by atoms with E-state index in [1.54, 1.807) is 18.5 Å². The summed E-state index contributed by atoms with van der Waals surface area (Å²) in [7, 11) is 6.21. The predicted octanol–water partition coefficient (Wildman–Crippen LogP) is 3.20. The van der Waals surface area contributed by atoms with Gasteiger partial charge < -0.3 is 20.1 Å². The average Bonchev–Trinajstić information content (AvgIpc) is 3.30. The van der Waals surface area contributed by atoms with Gasteiger partial charge in [-0.2, -0.15) is 0 Å². The molecule has 0 unspecified atom stereocenters. The lowest BCUT2D eigenvalue weighted by Crippen LogP contribution is -2.42. The summed E-state index contributed by atoms with van der Waals surface area (Å²) in [5, 5.41) is 7.00. The van der Waals surface area contributed by atoms with Crippen molar-refractivity contribution in [3.05, 3.63) is 66.1 Å². The van der Waals surface area contributed by atoms with E-state index in [1.807, 2.05) is 24.2 Å². The zero-order valence-corrected chi connectivity index (χ0v) is 20.0. The number of hydrogen-bond donors (Lipinski definition) is 2. The molecule has 0 saturated carbocycles. The molecule has 0 aliphatic carbocycles. The Morgan fingerprint density at radius 2 is 1.91 bits per heavy atom. The fraction of sp³-hybridized carbons (Fsp3) is 0.346. The Labute approximate surface area is 200 Å². The minimum absolute atomic E-state index is 0.187. The Bertz CT molecular complexity index is 1230. The first-order chi connectivity index (χ1) is 16.5. The molecule has 0 radical (unpaired) electrons. The molecule has 0 atom stereocenters. The fourth-order valence-electron chi connectivity index (χ4n) is 4.63. The quantitative estimate of drug-likeness (QED) is 0.609. The molecule has 2 aromatic heterocycles. The van der Waals surface area contributed by atoms with Crippen molar-refractivity contribution in [3.8, 4) is 0 Å². The Morgan fingerprint density at radius 1 is 1.09 bits per heavy atom. The van der Waals surface area contributed by atoms with Crippen molar-refractivity contribution in [3.63, 3.8) is 0 Å². The molecule has 2 N–H and O–H groups in total. The number of carbonyl (C=O) groups is 1. The Kier molecular flexibility index (Phi) is 6.17. The van der Waals surface area contributed by atoms with E-state index in [9.17, 15) is 4.79 Å². The summed E-state index contributed by atoms with van der Waals surface area (Å²) in [6, 6.07) is 12.3. The molecule has 1 fully saturated rings. The van der Waals surface area contributed by atoms with Crippen molar-refractivity contribution in [2.45, 2.75) is 18.9 Å². The molecule has 0 bridgehead atoms. The number of likely N-dealkylation sites (tertiary alicyclic amines) is 1. The summed E-state index contributed by atoms with van der Waals surface area (Å²) in [5.74, 6) is 1.17. The molecule has 2 aliphatic rings. The zero-order chi connectivity index (χ0) is 23.7. The van der Waals surface area contributed by atoms with Crippen LogP contribution in [0, 0.1) is 0 Å². The van der Waals surface area contributed by atoms with Gasteiger partial charge in [0.1, 0.15) is 11.6 Å². The van der Waals surface area contributed by atoms with Crippen molar-refractivity contribution in [1.82, 2.24) is 25.3 Å². The van der Waals surface area contributed by atoms with E-state index in [-0.39, 0.29) is 5.91 Å². The van der Waals surface area contributed by atoms with E-state index >= 15 is 0 Å². The number of pyridine rings is 2. The number of nitrogens with one attached hydrogen (secondary N) is 2. The molecule has 8 nitrogen and oxygen atoms in total. The third-order valence-corrected chi connectivity index (χ3v) is 6.81. The Morgan fingerprint density at radius 3 is 2.68 bits per heavy atom. The van der Waals surface area contributed by atoms with Gasteiger partial charge in [0.2, 0.25) is 0 Å². The molecule has 1 aromatic carbocycles. The third kappa shape index (κ3) is 4.73. The molecule has 5 rings (SSSR count). The number of fused-ring (bicyclic) bond motifs is 1. The van der Waals surface area contributed by atoms with Crippen LogP contribution in [0.5, 0.6) is 0 Å². The molecule has 176 valence electrons. The summed E-state index contributed by atoms with van der Waals surface area (Å²) in [5.41, 5.74) is 6.23. The standard InChI is InChI=1S/C26H31N7O/c1-31-10-7-23(8-11-31)33(3)25-14-19(6-9-27-25)26(34)30-24-13-21-12-18(4-5-20(21)15-28-24)22-16-29-32(2)17-22/h4-6,9,12-15,17,23,29H,7-8,10-11,16H2,1-3H3,(H,28,30,34). The van der Waals surface area contributed by atoms with Crippen LogP contribution in [-0.4, -0.2) is 72.6 Å². The summed E-state index contributed by atoms with van der Waals surface area (Å²) in [4.78, 5) is 26.5. The highest BCUT2D eigenvalue weighted by atomic mass is 16.1. The van der Waals surface area contributed by atoms with Crippen LogP contribution in [0.25, 0.3) is 16.3 Å². The molecule has 3 aromatic rings. The number of hydrogen-bond acceptors (Lipinski definition) is 7. The topological polar surface area (TPSA) is 76.6 Å². The number of anilines is 2. The number of benzene rings is 1. The second-order valence-electron chi connectivity index (χ2n) is 9.23. The van der Waals surface area contributed by atoms with Crippen LogP contribution in [-0.2, 0) is 0 Å². The maximum atomic E-state index is 13.0. The lowest BCUT2D eigenvalue weighted by molar-refractivity contribution is 0.102. The zero-order valence-electron chi connectivity index (χ0n) is 20.0. The number of amides is 1. The average molecular weight is 458 g/mol. The van der Waals surface area contributed by atoms with Gasteiger partial charge in [-0.1, -0.05) is 12.1 Å². The highest BCUT2D eigenvalue weighted by molar-refractivity contribution is 6.05. The van der Waals surface area contributed by atoms with E-state index in [0.29, 0.717) is 17.4 Å². The van der Waals surface area contributed by atoms with Crippen LogP contribution in [0.2, 0.25) is 0 Å². The maximum absolute atomic E-state index is 13.0. The van der Waals surface area contributed by atoms with Gasteiger partial charge in [-0.15, -0.1) is 0 Å². The van der Waals surface area contributed by atoms with E-state index in [4.69, 9.17) is 0 Å². The molecule has 1 amide bonds. The Balaban J connectivity index is 1.32. The molecule has 34 heavy (non-hydrogen) atoms. The van der Waals surface area contributed by atoms with Gasteiger partial charge in [0.25, 0.3) is 5.91 Å². The maximum Gasteiger partial charge on any atom is 0.257 e. The van der Waals surface area contributed by atoms with Crippen molar-refractivity contribution < 1.29 is 4.79 Å². The van der Waals surface area contributed by atoms with E-state index in [1.165, 1.54) is 5.57 Å². The van der Waals surface area contributed by atoms with E-state index < -0.39 is 0 Å². The molecule has 4 heterocycles. The number of rotatable bonds is 5. The van der Waals surface area contributed by atoms with Gasteiger partial charge in [0, 0.05) is 56.2 Å². The van der Waals surface area contributed by atoms with Crippen molar-refractivity contribution >= 4 is 33.9 Å². The van der Waals surface area contributed by atoms with Crippen molar-refractivity contribution in [2.75, 3.05) is 51.0 Å². The van der Waals surface area contributed by atoms with Crippen LogP contribution in [0.4, 0.5) is 11.6 Å². The molecular formula is C26H31N7O. The number of carbonyl (C=O) groups excluding carboxylic acids is 1. The van der Waals surface area contributed by atoms with Crippen LogP contribution in [0.3, 0.4) is 0 Å². The highest BCUT2D eigenvalue weighted by Gasteiger charge is 2.22. The van der Waals surface area contributed by atoms with Crippen LogP contribution in [0.15, 0.2) is 55.0 Å². The van der Waals surface area contributed by atoms with Gasteiger partial charge in [-0.05, 0) is 73.8 Å². The normalized spacial score (nSPS) is 17.1. The van der Waals surface area contributed by atoms with Gasteiger partial charge in [-0.25, -0.2) is 15.4 Å². The minimum atomic E-state index is -0.187. The molecule has 8 heteroatoms. The van der Waals surface area contributed by atoms with E-state index in [2.05, 4.69) is 69.0 Å². The molecule has 2 aliphatic heterocycles. The monoisotopic (exact) mass is 457 g/mol. The first-order valence-corrected chi connectivity index (χ1v) is 11.7. The molecule has 1 saturated heterocycles. The molecular weight excluding hydrogens is 426 g/mol. The number of nitrogens with zero attached hydrogens (tertiary/aromatic N) is 5. The summed E-state index contributed by atoms with van der Waals surface area (Å²) in [6.07, 6.45) is 7.79. The molecule has 0 spiro atoms. The van der Waals surface area contributed by atoms with Gasteiger partial charge in [0.15, 0.2) is 0 Å². The van der Waals surface area contributed by atoms with E-state index in [0.717, 1.165) is 54.6 Å². The summed E-state index contributed by atoms with van der Waals surface area (Å²) >= 11 is 0. The number of hydrazine groups is 1. The fourth-order valence-corrected chi connectivity index (χ4v) is 4.63. The van der Waals surface area contributed by atoms with Gasteiger partial charge in [0.05, 0.1) is 0 Å². The summed E-state index contributed by atoms with van der Waals surface area (Å²) < 4.78 is 0. The van der Waals surface area contributed by atoms with Crippen LogP contribution < -0.4 is 15.6 Å². The highest BCUT2D eigenvalue weighted by Crippen LogP contribution is 2.25. The number of aromatic nitrogens is 2. The summed E-state index contributed by atoms with van der Waals surface area (Å²) in [6.45, 7) is 2.96. The smallest absolute Gasteiger partial charge is 0.257 e. The number of piperidine rings is 1. The van der Waals surface area contributed by atoms with Crippen molar-refractivity contribution in [2.24, 2.45) is 0 Å². The first kappa shape index (κ1) is 22.3. The second kappa shape index (κ2) is 9.40. The first-order valence-electron chi connectivity index (χ1n) is 11.7. The van der Waals surface area contributed by atoms with Crippen LogP contribution >= 0.6 is 0 Å². The van der Waals surface area contributed by atoms with Gasteiger partial charge >= 0.3 is 0 Å². The van der Waals surface area contributed by atoms with Gasteiger partial charge in [-0.3, -0.25) is 4.79 Å². The predicted molar refractivity (Wildman–Crippen MR) is 137 cm³/mol. The lowest BCUT2D eigenvalue weighted by atomic mass is 10.0. The van der Waals surface area contributed by atoms with Crippen LogP contribution in [0.1, 0.15) is 28.8 Å². The lowest BCUT2D eigenvalue weighted by Gasteiger charge is -2.35.